The van der Waals surface area contributed by atoms with Gasteiger partial charge in [-0.2, -0.15) is 17.6 Å². The zero-order chi connectivity index (χ0) is 21.1. The van der Waals surface area contributed by atoms with Crippen LogP contribution in [0.25, 0.3) is 0 Å². The van der Waals surface area contributed by atoms with Crippen LogP contribution in [-0.4, -0.2) is 48.3 Å². The lowest BCUT2D eigenvalue weighted by atomic mass is 9.88. The van der Waals surface area contributed by atoms with Crippen LogP contribution in [0.15, 0.2) is 12.1 Å². The predicted octanol–water partition coefficient (Wildman–Crippen LogP) is 2.93. The molecule has 10 heteroatoms. The largest absolute Gasteiger partial charge is 0.487 e. The topological polar surface area (TPSA) is 76.0 Å². The molecule has 0 amide bonds. The Morgan fingerprint density at radius 3 is 2.54 bits per heavy atom. The van der Waals surface area contributed by atoms with E-state index in [1.54, 1.807) is 0 Å². The van der Waals surface area contributed by atoms with Gasteiger partial charge in [0.05, 0.1) is 25.0 Å². The van der Waals surface area contributed by atoms with Gasteiger partial charge in [0.15, 0.2) is 11.6 Å². The van der Waals surface area contributed by atoms with Crippen LogP contribution >= 0.6 is 0 Å². The van der Waals surface area contributed by atoms with E-state index in [2.05, 4.69) is 0 Å². The minimum absolute atomic E-state index is 0.0391. The van der Waals surface area contributed by atoms with E-state index < -0.39 is 79.4 Å². The molecule has 0 spiro atoms. The molecule has 1 aliphatic rings. The molecular formula is C18H21F5O5. The second kappa shape index (κ2) is 9.04. The van der Waals surface area contributed by atoms with Crippen molar-refractivity contribution in [2.24, 2.45) is 11.8 Å². The summed E-state index contributed by atoms with van der Waals surface area (Å²) >= 11 is 0. The first-order valence-corrected chi connectivity index (χ1v) is 8.73. The molecule has 28 heavy (non-hydrogen) atoms. The first-order chi connectivity index (χ1) is 13.1. The number of hydrogen-bond donors (Lipinski definition) is 2. The third-order valence-corrected chi connectivity index (χ3v) is 4.73. The Balaban J connectivity index is 2.43. The Bertz CT molecular complexity index is 694. The van der Waals surface area contributed by atoms with Gasteiger partial charge >= 0.3 is 12.1 Å². The van der Waals surface area contributed by atoms with Crippen LogP contribution in [0.4, 0.5) is 22.0 Å². The fourth-order valence-electron chi connectivity index (χ4n) is 3.38. The summed E-state index contributed by atoms with van der Waals surface area (Å²) in [4.78, 5) is 12.2. The van der Waals surface area contributed by atoms with Gasteiger partial charge in [0.1, 0.15) is 12.7 Å². The van der Waals surface area contributed by atoms with E-state index in [9.17, 15) is 31.9 Å². The van der Waals surface area contributed by atoms with Gasteiger partial charge in [0.25, 0.3) is 0 Å². The molecule has 0 saturated heterocycles. The highest BCUT2D eigenvalue weighted by Gasteiger charge is 2.52. The maximum Gasteiger partial charge on any atom is 0.391 e. The highest BCUT2D eigenvalue weighted by molar-refractivity contribution is 5.74. The smallest absolute Gasteiger partial charge is 0.391 e. The van der Waals surface area contributed by atoms with Crippen LogP contribution in [0.1, 0.15) is 31.2 Å². The Labute approximate surface area is 158 Å². The molecule has 0 radical (unpaired) electrons. The van der Waals surface area contributed by atoms with E-state index in [1.165, 1.54) is 6.92 Å². The minimum atomic E-state index is -4.56. The van der Waals surface area contributed by atoms with E-state index in [0.29, 0.717) is 0 Å². The van der Waals surface area contributed by atoms with Gasteiger partial charge in [0.2, 0.25) is 5.82 Å². The number of carbonyl (C=O) groups excluding carboxylic acids is 1. The first kappa shape index (κ1) is 22.4. The van der Waals surface area contributed by atoms with E-state index in [4.69, 9.17) is 14.6 Å². The number of carbonyl (C=O) groups is 1. The highest BCUT2D eigenvalue weighted by Crippen LogP contribution is 2.51. The van der Waals surface area contributed by atoms with Crippen molar-refractivity contribution in [2.75, 3.05) is 19.8 Å². The lowest BCUT2D eigenvalue weighted by Crippen LogP contribution is -2.24. The summed E-state index contributed by atoms with van der Waals surface area (Å²) in [6.07, 6.45) is -7.02. The Kier molecular flexibility index (Phi) is 7.22. The van der Waals surface area contributed by atoms with Crippen LogP contribution in [0.3, 0.4) is 0 Å². The molecule has 158 valence electrons. The molecule has 1 aromatic carbocycles. The monoisotopic (exact) mass is 412 g/mol. The van der Waals surface area contributed by atoms with Crippen LogP contribution in [0.5, 0.6) is 5.75 Å². The quantitative estimate of drug-likeness (QED) is 0.532. The predicted molar refractivity (Wildman–Crippen MR) is 86.6 cm³/mol. The Morgan fingerprint density at radius 2 is 1.96 bits per heavy atom. The number of halogens is 5. The van der Waals surface area contributed by atoms with Gasteiger partial charge in [-0.05, 0) is 25.8 Å². The van der Waals surface area contributed by atoms with Crippen molar-refractivity contribution in [1.29, 1.82) is 0 Å². The van der Waals surface area contributed by atoms with Crippen molar-refractivity contribution in [3.8, 4) is 5.75 Å². The van der Waals surface area contributed by atoms with Crippen molar-refractivity contribution in [3.63, 3.8) is 0 Å². The number of aliphatic hydroxyl groups excluding tert-OH is 2. The molecule has 0 heterocycles. The molecule has 4 atom stereocenters. The second-order valence-corrected chi connectivity index (χ2v) is 6.60. The third-order valence-electron chi connectivity index (χ3n) is 4.73. The average Bonchev–Trinajstić information content (AvgIpc) is 3.08. The Morgan fingerprint density at radius 1 is 1.29 bits per heavy atom. The summed E-state index contributed by atoms with van der Waals surface area (Å²) < 4.78 is 77.6. The zero-order valence-electron chi connectivity index (χ0n) is 15.0. The molecule has 1 fully saturated rings. The van der Waals surface area contributed by atoms with Crippen molar-refractivity contribution in [1.82, 2.24) is 0 Å². The summed E-state index contributed by atoms with van der Waals surface area (Å²) in [6.45, 7) is 0.148. The number of ether oxygens (including phenoxy) is 2. The van der Waals surface area contributed by atoms with Gasteiger partial charge in [0, 0.05) is 11.5 Å². The number of rotatable bonds is 7. The minimum Gasteiger partial charge on any atom is -0.487 e. The summed E-state index contributed by atoms with van der Waals surface area (Å²) in [5, 5.41) is 18.2. The summed E-state index contributed by atoms with van der Waals surface area (Å²) in [5.41, 5.74) is -0.117. The van der Waals surface area contributed by atoms with Gasteiger partial charge in [-0.1, -0.05) is 6.07 Å². The zero-order valence-corrected chi connectivity index (χ0v) is 15.0. The maximum atomic E-state index is 14.3. The van der Waals surface area contributed by atoms with Crippen LogP contribution < -0.4 is 4.74 Å². The molecule has 1 unspecified atom stereocenters. The number of alkyl halides is 3. The molecule has 1 aliphatic carbocycles. The molecular weight excluding hydrogens is 391 g/mol. The van der Waals surface area contributed by atoms with Crippen molar-refractivity contribution in [2.45, 2.75) is 38.0 Å². The molecule has 1 aromatic rings. The van der Waals surface area contributed by atoms with Crippen molar-refractivity contribution in [3.05, 3.63) is 29.3 Å². The summed E-state index contributed by atoms with van der Waals surface area (Å²) in [5.74, 6) is -8.41. The molecule has 2 rings (SSSR count). The lowest BCUT2D eigenvalue weighted by Gasteiger charge is -2.22. The summed E-state index contributed by atoms with van der Waals surface area (Å²) in [7, 11) is 0. The molecule has 0 aliphatic heterocycles. The number of hydrogen-bond acceptors (Lipinski definition) is 5. The normalized spacial score (nSPS) is 23.5. The second-order valence-electron chi connectivity index (χ2n) is 6.60. The summed E-state index contributed by atoms with van der Waals surface area (Å²) in [6, 6.07) is 1.80. The molecule has 1 saturated carbocycles. The van der Waals surface area contributed by atoms with Gasteiger partial charge in [-0.25, -0.2) is 4.39 Å². The third kappa shape index (κ3) is 4.91. The average molecular weight is 412 g/mol. The fraction of sp³-hybridized carbons (Fsp3) is 0.611. The SMILES string of the molecule is CCOC(=O)[C@@H]1C[C@@H](C(F)(F)F)C[C@H]1c1ccc(F)c(F)c1OCC(O)CO. The van der Waals surface area contributed by atoms with Gasteiger partial charge < -0.3 is 19.7 Å². The van der Waals surface area contributed by atoms with E-state index >= 15 is 0 Å². The van der Waals surface area contributed by atoms with Gasteiger partial charge in [-0.15, -0.1) is 0 Å². The van der Waals surface area contributed by atoms with Crippen LogP contribution in [0, 0.1) is 23.5 Å². The van der Waals surface area contributed by atoms with Crippen LogP contribution in [-0.2, 0) is 9.53 Å². The van der Waals surface area contributed by atoms with E-state index in [-0.39, 0.29) is 12.2 Å². The lowest BCUT2D eigenvalue weighted by molar-refractivity contribution is -0.174. The molecule has 0 bridgehead atoms. The maximum absolute atomic E-state index is 14.3. The molecule has 0 aromatic heterocycles. The van der Waals surface area contributed by atoms with Crippen molar-refractivity contribution < 1.29 is 46.4 Å². The number of esters is 1. The van der Waals surface area contributed by atoms with Crippen LogP contribution in [0.2, 0.25) is 0 Å². The highest BCUT2D eigenvalue weighted by atomic mass is 19.4. The first-order valence-electron chi connectivity index (χ1n) is 8.73. The molecule has 5 nitrogen and oxygen atoms in total. The molecule has 2 N–H and O–H groups in total. The van der Waals surface area contributed by atoms with Crippen molar-refractivity contribution >= 4 is 5.97 Å². The van der Waals surface area contributed by atoms with E-state index in [0.717, 1.165) is 12.1 Å². The number of aliphatic hydroxyl groups is 2. The standard InChI is InChI=1S/C18H21F5O5/c1-2-27-17(26)13-6-9(18(21,22)23)5-12(13)11-3-4-14(19)15(20)16(11)28-8-10(25)7-24/h3-4,9-10,12-13,24-25H,2,5-8H2,1H3/t9-,10?,12-,13+/m0/s1. The Hall–Kier alpha value is -1.94. The fourth-order valence-corrected chi connectivity index (χ4v) is 3.38. The number of benzene rings is 1. The van der Waals surface area contributed by atoms with E-state index in [1.807, 2.05) is 0 Å². The van der Waals surface area contributed by atoms with Gasteiger partial charge in [-0.3, -0.25) is 4.79 Å².